The normalized spacial score (nSPS) is 10.5. The summed E-state index contributed by atoms with van der Waals surface area (Å²) < 4.78 is 8.62. The standard InChI is InChI=1S/C12H12N2S/c1-5-9-7(3)11-12(14-15-13-11)8(4)10(9)6-2/h5-6H,1-2H2,3-4H3. The molecular formula is C12H12N2S. The Hall–Kier alpha value is -1.48. The van der Waals surface area contributed by atoms with Crippen molar-refractivity contribution >= 4 is 34.9 Å². The van der Waals surface area contributed by atoms with Gasteiger partial charge in [0, 0.05) is 0 Å². The van der Waals surface area contributed by atoms with Crippen molar-refractivity contribution in [3.63, 3.8) is 0 Å². The number of hydrogen-bond donors (Lipinski definition) is 0. The van der Waals surface area contributed by atoms with Crippen molar-refractivity contribution in [2.45, 2.75) is 13.8 Å². The van der Waals surface area contributed by atoms with E-state index in [0.29, 0.717) is 0 Å². The van der Waals surface area contributed by atoms with Gasteiger partial charge in [0.05, 0.1) is 11.7 Å². The summed E-state index contributed by atoms with van der Waals surface area (Å²) in [6.45, 7) is 11.8. The second-order valence-corrected chi connectivity index (χ2v) is 3.98. The first-order valence-electron chi connectivity index (χ1n) is 4.71. The highest BCUT2D eigenvalue weighted by Crippen LogP contribution is 2.29. The van der Waals surface area contributed by atoms with Crippen LogP contribution in [0.4, 0.5) is 0 Å². The van der Waals surface area contributed by atoms with Crippen molar-refractivity contribution in [3.8, 4) is 0 Å². The van der Waals surface area contributed by atoms with Gasteiger partial charge in [-0.25, -0.2) is 0 Å². The van der Waals surface area contributed by atoms with Crippen LogP contribution in [0.1, 0.15) is 22.3 Å². The number of aryl methyl sites for hydroxylation is 2. The van der Waals surface area contributed by atoms with Crippen LogP contribution >= 0.6 is 11.7 Å². The first kappa shape index (κ1) is 10.1. The van der Waals surface area contributed by atoms with Gasteiger partial charge in [-0.1, -0.05) is 25.3 Å². The van der Waals surface area contributed by atoms with Crippen molar-refractivity contribution in [1.29, 1.82) is 0 Å². The highest BCUT2D eigenvalue weighted by atomic mass is 32.1. The lowest BCUT2D eigenvalue weighted by Crippen LogP contribution is -1.93. The predicted molar refractivity (Wildman–Crippen MR) is 67.1 cm³/mol. The van der Waals surface area contributed by atoms with Gasteiger partial charge in [-0.05, 0) is 36.1 Å². The molecule has 1 heterocycles. The fraction of sp³-hybridized carbons (Fsp3) is 0.167. The highest BCUT2D eigenvalue weighted by molar-refractivity contribution is 7.00. The maximum atomic E-state index is 4.31. The minimum atomic E-state index is 0.984. The van der Waals surface area contributed by atoms with Gasteiger partial charge in [0.1, 0.15) is 11.0 Å². The van der Waals surface area contributed by atoms with Crippen molar-refractivity contribution in [2.24, 2.45) is 0 Å². The van der Waals surface area contributed by atoms with Crippen molar-refractivity contribution in [1.82, 2.24) is 8.75 Å². The van der Waals surface area contributed by atoms with Crippen LogP contribution < -0.4 is 0 Å². The fourth-order valence-electron chi connectivity index (χ4n) is 1.87. The molecule has 2 rings (SSSR count). The molecule has 1 aromatic carbocycles. The summed E-state index contributed by atoms with van der Waals surface area (Å²) in [5.41, 5.74) is 6.46. The van der Waals surface area contributed by atoms with E-state index in [9.17, 15) is 0 Å². The van der Waals surface area contributed by atoms with Crippen molar-refractivity contribution in [3.05, 3.63) is 35.4 Å². The van der Waals surface area contributed by atoms with Crippen LogP contribution in [-0.4, -0.2) is 8.75 Å². The number of hydrogen-bond acceptors (Lipinski definition) is 3. The number of aromatic nitrogens is 2. The summed E-state index contributed by atoms with van der Waals surface area (Å²) in [4.78, 5) is 0. The molecule has 0 unspecified atom stereocenters. The number of nitrogens with zero attached hydrogens (tertiary/aromatic N) is 2. The zero-order valence-corrected chi connectivity index (χ0v) is 9.69. The topological polar surface area (TPSA) is 25.8 Å². The Morgan fingerprint density at radius 1 is 0.933 bits per heavy atom. The van der Waals surface area contributed by atoms with Gasteiger partial charge in [0.15, 0.2) is 0 Å². The van der Waals surface area contributed by atoms with E-state index >= 15 is 0 Å². The molecule has 1 aromatic heterocycles. The van der Waals surface area contributed by atoms with E-state index < -0.39 is 0 Å². The third kappa shape index (κ3) is 1.31. The summed E-state index contributed by atoms with van der Waals surface area (Å²) in [6, 6.07) is 0. The first-order chi connectivity index (χ1) is 7.20. The Morgan fingerprint density at radius 3 is 1.67 bits per heavy atom. The van der Waals surface area contributed by atoms with Gasteiger partial charge in [-0.2, -0.15) is 8.75 Å². The monoisotopic (exact) mass is 216 g/mol. The largest absolute Gasteiger partial charge is 0.173 e. The minimum Gasteiger partial charge on any atom is -0.173 e. The van der Waals surface area contributed by atoms with Gasteiger partial charge in [0.25, 0.3) is 0 Å². The zero-order chi connectivity index (χ0) is 11.0. The average Bonchev–Trinajstić information content (AvgIpc) is 2.72. The Kier molecular flexibility index (Phi) is 2.40. The average molecular weight is 216 g/mol. The Morgan fingerprint density at radius 2 is 1.33 bits per heavy atom. The van der Waals surface area contributed by atoms with Gasteiger partial charge in [-0.15, -0.1) is 0 Å². The van der Waals surface area contributed by atoms with Crippen LogP contribution in [0.15, 0.2) is 13.2 Å². The number of benzene rings is 1. The predicted octanol–water partition coefficient (Wildman–Crippen LogP) is 3.59. The molecule has 0 saturated carbocycles. The quantitative estimate of drug-likeness (QED) is 0.766. The minimum absolute atomic E-state index is 0.984. The first-order valence-corrected chi connectivity index (χ1v) is 5.44. The summed E-state index contributed by atoms with van der Waals surface area (Å²) in [5.74, 6) is 0. The second kappa shape index (κ2) is 3.59. The van der Waals surface area contributed by atoms with Crippen LogP contribution in [0.5, 0.6) is 0 Å². The third-order valence-electron chi connectivity index (χ3n) is 2.71. The Labute approximate surface area is 93.3 Å². The summed E-state index contributed by atoms with van der Waals surface area (Å²) in [6.07, 6.45) is 3.72. The van der Waals surface area contributed by atoms with Crippen molar-refractivity contribution < 1.29 is 0 Å². The molecule has 2 aromatic rings. The molecule has 0 aliphatic heterocycles. The highest BCUT2D eigenvalue weighted by Gasteiger charge is 2.13. The molecule has 0 aliphatic rings. The summed E-state index contributed by atoms with van der Waals surface area (Å²) in [7, 11) is 0. The lowest BCUT2D eigenvalue weighted by atomic mass is 9.95. The second-order valence-electron chi connectivity index (χ2n) is 3.45. The molecule has 0 saturated heterocycles. The van der Waals surface area contributed by atoms with E-state index in [0.717, 1.165) is 33.3 Å². The smallest absolute Gasteiger partial charge is 0.108 e. The summed E-state index contributed by atoms with van der Waals surface area (Å²) >= 11 is 1.25. The molecule has 0 atom stereocenters. The molecule has 3 heteroatoms. The van der Waals surface area contributed by atoms with E-state index in [1.165, 1.54) is 11.7 Å². The van der Waals surface area contributed by atoms with Crippen LogP contribution in [0, 0.1) is 13.8 Å². The lowest BCUT2D eigenvalue weighted by Gasteiger charge is -2.09. The van der Waals surface area contributed by atoms with Gasteiger partial charge in [-0.3, -0.25) is 0 Å². The van der Waals surface area contributed by atoms with Crippen molar-refractivity contribution in [2.75, 3.05) is 0 Å². The molecule has 76 valence electrons. The van der Waals surface area contributed by atoms with E-state index in [1.54, 1.807) is 0 Å². The lowest BCUT2D eigenvalue weighted by molar-refractivity contribution is 1.38. The van der Waals surface area contributed by atoms with E-state index in [4.69, 9.17) is 0 Å². The molecule has 2 nitrogen and oxygen atoms in total. The molecule has 0 fully saturated rings. The molecule has 15 heavy (non-hydrogen) atoms. The van der Waals surface area contributed by atoms with Gasteiger partial charge >= 0.3 is 0 Å². The molecular weight excluding hydrogens is 204 g/mol. The van der Waals surface area contributed by atoms with E-state index in [1.807, 2.05) is 26.0 Å². The van der Waals surface area contributed by atoms with Crippen LogP contribution in [0.2, 0.25) is 0 Å². The fourth-order valence-corrected chi connectivity index (χ4v) is 2.52. The van der Waals surface area contributed by atoms with Crippen LogP contribution in [0.25, 0.3) is 23.2 Å². The molecule has 0 spiro atoms. The van der Waals surface area contributed by atoms with Gasteiger partial charge < -0.3 is 0 Å². The van der Waals surface area contributed by atoms with Gasteiger partial charge in [0.2, 0.25) is 0 Å². The number of fused-ring (bicyclic) bond motifs is 1. The van der Waals surface area contributed by atoms with E-state index in [2.05, 4.69) is 21.9 Å². The zero-order valence-electron chi connectivity index (χ0n) is 8.87. The van der Waals surface area contributed by atoms with Crippen LogP contribution in [0.3, 0.4) is 0 Å². The third-order valence-corrected chi connectivity index (χ3v) is 3.23. The maximum absolute atomic E-state index is 4.31. The molecule has 0 bridgehead atoms. The summed E-state index contributed by atoms with van der Waals surface area (Å²) in [5, 5.41) is 0. The molecule has 0 aliphatic carbocycles. The molecule has 0 radical (unpaired) electrons. The number of rotatable bonds is 2. The SMILES string of the molecule is C=Cc1c(C=C)c(C)c2nsnc2c1C. The maximum Gasteiger partial charge on any atom is 0.108 e. The Bertz CT molecular complexity index is 504. The van der Waals surface area contributed by atoms with E-state index in [-0.39, 0.29) is 0 Å². The molecule has 0 amide bonds. The Balaban J connectivity index is 3.02. The van der Waals surface area contributed by atoms with Crippen LogP contribution in [-0.2, 0) is 0 Å². The molecule has 0 N–H and O–H groups in total.